The molecular formula is C32H42F3N5O. The van der Waals surface area contributed by atoms with E-state index in [1.165, 1.54) is 12.1 Å². The maximum Gasteiger partial charge on any atom is 0.416 e. The number of carbonyl (C=O) groups excluding carboxylic acids is 1. The normalized spacial score (nSPS) is 23.5. The van der Waals surface area contributed by atoms with Crippen molar-refractivity contribution < 1.29 is 18.0 Å². The largest absolute Gasteiger partial charge is 0.416 e. The fraction of sp³-hybridized carbons (Fsp3) is 0.531. The summed E-state index contributed by atoms with van der Waals surface area (Å²) >= 11 is 0. The average molecular weight is 570 g/mol. The Balaban J connectivity index is 1.21. The first-order valence-electron chi connectivity index (χ1n) is 14.9. The summed E-state index contributed by atoms with van der Waals surface area (Å²) in [4.78, 5) is 22.5. The molecule has 3 saturated heterocycles. The van der Waals surface area contributed by atoms with Crippen molar-refractivity contribution in [2.24, 2.45) is 0 Å². The van der Waals surface area contributed by atoms with Crippen LogP contribution in [-0.2, 0) is 11.0 Å². The number of piperazine rings is 1. The molecule has 3 heterocycles. The van der Waals surface area contributed by atoms with E-state index in [0.717, 1.165) is 57.1 Å². The topological polar surface area (TPSA) is 42.1 Å². The van der Waals surface area contributed by atoms with E-state index in [1.54, 1.807) is 6.07 Å². The molecule has 3 fully saturated rings. The zero-order valence-electron chi connectivity index (χ0n) is 23.9. The second-order valence-electron chi connectivity index (χ2n) is 11.5. The molecule has 0 aromatic heterocycles. The number of alkyl halides is 3. The highest BCUT2D eigenvalue weighted by Crippen LogP contribution is 2.32. The molecule has 3 aliphatic rings. The average Bonchev–Trinajstić information content (AvgIpc) is 3.39. The summed E-state index contributed by atoms with van der Waals surface area (Å²) in [5.74, 6) is 0.131. The predicted octanol–water partition coefficient (Wildman–Crippen LogP) is 4.58. The number of hydrogen-bond donors (Lipinski definition) is 1. The van der Waals surface area contributed by atoms with E-state index in [0.29, 0.717) is 44.5 Å². The molecule has 9 heteroatoms. The number of carbonyl (C=O) groups is 1. The highest BCUT2D eigenvalue weighted by molar-refractivity contribution is 5.82. The van der Waals surface area contributed by atoms with Gasteiger partial charge in [-0.3, -0.25) is 9.69 Å². The van der Waals surface area contributed by atoms with Crippen molar-refractivity contribution in [2.75, 3.05) is 63.8 Å². The molecule has 0 unspecified atom stereocenters. The Bertz CT molecular complexity index is 1160. The molecule has 1 N–H and O–H groups in total. The number of likely N-dealkylation sites (tertiary alicyclic amines) is 2. The number of nitrogens with zero attached hydrogens (tertiary/aromatic N) is 4. The fourth-order valence-electron chi connectivity index (χ4n) is 6.40. The standard InChI is InChI=1S/C32H42F3N5O/c1-2-37-16-13-27(14-17-37)36-28-23-30(40(24-28)15-7-10-25-8-4-3-5-9-25)31(41)39-20-18-38(19-21-39)29-12-6-11-26(22-29)32(33,34)35/h3-12,22,27-28,30,36H,2,13-21,23-24H2,1H3/b10-7+/t28-,30-/m0/s1. The minimum absolute atomic E-state index is 0.131. The van der Waals surface area contributed by atoms with Gasteiger partial charge >= 0.3 is 6.18 Å². The maximum atomic E-state index is 13.9. The van der Waals surface area contributed by atoms with Crippen LogP contribution in [0.3, 0.4) is 0 Å². The number of rotatable bonds is 8. The zero-order chi connectivity index (χ0) is 28.8. The molecule has 222 valence electrons. The molecule has 0 aliphatic carbocycles. The smallest absolute Gasteiger partial charge is 0.368 e. The Kier molecular flexibility index (Phi) is 9.68. The van der Waals surface area contributed by atoms with E-state index in [-0.39, 0.29) is 18.0 Å². The molecule has 6 nitrogen and oxygen atoms in total. The van der Waals surface area contributed by atoms with Crippen molar-refractivity contribution in [2.45, 2.75) is 50.5 Å². The number of amides is 1. The monoisotopic (exact) mass is 569 g/mol. The Morgan fingerprint density at radius 2 is 1.68 bits per heavy atom. The number of hydrogen-bond acceptors (Lipinski definition) is 5. The molecule has 2 aromatic rings. The van der Waals surface area contributed by atoms with Gasteiger partial charge in [0, 0.05) is 57.0 Å². The Hall–Kier alpha value is -2.88. The van der Waals surface area contributed by atoms with Crippen LogP contribution >= 0.6 is 0 Å². The van der Waals surface area contributed by atoms with Gasteiger partial charge in [0.25, 0.3) is 0 Å². The SMILES string of the molecule is CCN1CCC(N[C@H]2C[C@@H](C(=O)N3CCN(c4cccc(C(F)(F)F)c4)CC3)N(C/C=C/c3ccccc3)C2)CC1. The number of halogens is 3. The molecule has 3 aliphatic heterocycles. The Morgan fingerprint density at radius 3 is 2.37 bits per heavy atom. The number of nitrogens with one attached hydrogen (secondary N) is 1. The molecule has 41 heavy (non-hydrogen) atoms. The van der Waals surface area contributed by atoms with E-state index in [4.69, 9.17) is 0 Å². The van der Waals surface area contributed by atoms with Crippen LogP contribution in [0.25, 0.3) is 6.08 Å². The van der Waals surface area contributed by atoms with E-state index in [9.17, 15) is 18.0 Å². The van der Waals surface area contributed by atoms with Gasteiger partial charge in [0.15, 0.2) is 0 Å². The molecule has 1 amide bonds. The van der Waals surface area contributed by atoms with Gasteiger partial charge in [0.05, 0.1) is 11.6 Å². The molecule has 2 atom stereocenters. The minimum atomic E-state index is -4.37. The highest BCUT2D eigenvalue weighted by Gasteiger charge is 2.40. The molecule has 0 spiro atoms. The summed E-state index contributed by atoms with van der Waals surface area (Å²) in [5, 5.41) is 3.87. The summed E-state index contributed by atoms with van der Waals surface area (Å²) in [6.07, 6.45) is 2.93. The van der Waals surface area contributed by atoms with Crippen LogP contribution in [0.5, 0.6) is 0 Å². The third kappa shape index (κ3) is 7.70. The molecule has 0 bridgehead atoms. The van der Waals surface area contributed by atoms with Gasteiger partial charge in [0.2, 0.25) is 5.91 Å². The minimum Gasteiger partial charge on any atom is -0.368 e. The summed E-state index contributed by atoms with van der Waals surface area (Å²) < 4.78 is 39.7. The molecular weight excluding hydrogens is 527 g/mol. The first kappa shape index (κ1) is 29.6. The van der Waals surface area contributed by atoms with Gasteiger partial charge in [-0.05, 0) is 62.7 Å². The lowest BCUT2D eigenvalue weighted by atomic mass is 10.0. The van der Waals surface area contributed by atoms with Crippen molar-refractivity contribution >= 4 is 17.7 Å². The van der Waals surface area contributed by atoms with Gasteiger partial charge in [-0.25, -0.2) is 0 Å². The number of benzene rings is 2. The van der Waals surface area contributed by atoms with E-state index < -0.39 is 11.7 Å². The highest BCUT2D eigenvalue weighted by atomic mass is 19.4. The van der Waals surface area contributed by atoms with Gasteiger partial charge in [-0.2, -0.15) is 13.2 Å². The third-order valence-corrected chi connectivity index (χ3v) is 8.77. The lowest BCUT2D eigenvalue weighted by molar-refractivity contribution is -0.137. The van der Waals surface area contributed by atoms with Gasteiger partial charge in [0.1, 0.15) is 0 Å². The van der Waals surface area contributed by atoms with Crippen LogP contribution < -0.4 is 10.2 Å². The first-order chi connectivity index (χ1) is 19.8. The second kappa shape index (κ2) is 13.4. The van der Waals surface area contributed by atoms with Crippen LogP contribution in [-0.4, -0.2) is 97.6 Å². The zero-order valence-corrected chi connectivity index (χ0v) is 23.9. The molecule has 0 radical (unpaired) electrons. The molecule has 5 rings (SSSR count). The second-order valence-corrected chi connectivity index (χ2v) is 11.5. The summed E-state index contributed by atoms with van der Waals surface area (Å²) in [5.41, 5.74) is 1.05. The van der Waals surface area contributed by atoms with Crippen molar-refractivity contribution in [3.8, 4) is 0 Å². The predicted molar refractivity (Wildman–Crippen MR) is 158 cm³/mol. The third-order valence-electron chi connectivity index (χ3n) is 8.77. The van der Waals surface area contributed by atoms with E-state index >= 15 is 0 Å². The van der Waals surface area contributed by atoms with Crippen LogP contribution in [0, 0.1) is 0 Å². The first-order valence-corrected chi connectivity index (χ1v) is 14.9. The summed E-state index contributed by atoms with van der Waals surface area (Å²) in [6, 6.07) is 16.2. The number of piperidine rings is 1. The van der Waals surface area contributed by atoms with Crippen molar-refractivity contribution in [3.05, 3.63) is 71.8 Å². The lowest BCUT2D eigenvalue weighted by Crippen LogP contribution is -2.53. The van der Waals surface area contributed by atoms with Crippen LogP contribution in [0.2, 0.25) is 0 Å². The van der Waals surface area contributed by atoms with Crippen LogP contribution in [0.15, 0.2) is 60.7 Å². The molecule has 0 saturated carbocycles. The van der Waals surface area contributed by atoms with Crippen molar-refractivity contribution in [3.63, 3.8) is 0 Å². The van der Waals surface area contributed by atoms with Crippen LogP contribution in [0.4, 0.5) is 18.9 Å². The van der Waals surface area contributed by atoms with Gasteiger partial charge in [-0.15, -0.1) is 0 Å². The van der Waals surface area contributed by atoms with Crippen molar-refractivity contribution in [1.82, 2.24) is 20.0 Å². The summed E-state index contributed by atoms with van der Waals surface area (Å²) in [6.45, 7) is 9.11. The number of anilines is 1. The maximum absolute atomic E-state index is 13.9. The van der Waals surface area contributed by atoms with E-state index in [2.05, 4.69) is 46.3 Å². The quantitative estimate of drug-likeness (QED) is 0.504. The Morgan fingerprint density at radius 1 is 0.951 bits per heavy atom. The van der Waals surface area contributed by atoms with Gasteiger partial charge < -0.3 is 20.0 Å². The summed E-state index contributed by atoms with van der Waals surface area (Å²) in [7, 11) is 0. The van der Waals surface area contributed by atoms with Crippen LogP contribution in [0.1, 0.15) is 37.3 Å². The molecule has 2 aromatic carbocycles. The van der Waals surface area contributed by atoms with Gasteiger partial charge in [-0.1, -0.05) is 55.5 Å². The lowest BCUT2D eigenvalue weighted by Gasteiger charge is -2.38. The van der Waals surface area contributed by atoms with Crippen molar-refractivity contribution in [1.29, 1.82) is 0 Å². The van der Waals surface area contributed by atoms with E-state index in [1.807, 2.05) is 28.0 Å². The Labute approximate surface area is 241 Å². The fourth-order valence-corrected chi connectivity index (χ4v) is 6.40.